The number of nitrogens with zero attached hydrogens (tertiary/aromatic N) is 9. The number of nitrogens with one attached hydrogen (secondary N) is 1. The zero-order chi connectivity index (χ0) is 43.9. The van der Waals surface area contributed by atoms with Gasteiger partial charge in [-0.25, -0.2) is 23.1 Å². The summed E-state index contributed by atoms with van der Waals surface area (Å²) in [4.78, 5) is 47.1. The van der Waals surface area contributed by atoms with Crippen LogP contribution in [-0.2, 0) is 16.6 Å². The summed E-state index contributed by atoms with van der Waals surface area (Å²) in [5.74, 6) is -0.542. The van der Waals surface area contributed by atoms with Crippen LogP contribution < -0.4 is 11.4 Å². The number of carbonyl (C=O) groups is 1. The Labute approximate surface area is 368 Å². The number of hydrogen-bond donors (Lipinski definition) is 1. The molecule has 330 valence electrons. The van der Waals surface area contributed by atoms with Gasteiger partial charge in [-0.3, -0.25) is 28.1 Å². The van der Waals surface area contributed by atoms with Crippen molar-refractivity contribution in [1.29, 1.82) is 0 Å². The highest BCUT2D eigenvalue weighted by atomic mass is 19.1. The molecule has 13 rings (SSSR count). The van der Waals surface area contributed by atoms with Gasteiger partial charge >= 0.3 is 11.4 Å². The van der Waals surface area contributed by atoms with E-state index in [4.69, 9.17) is 14.4 Å². The average Bonchev–Trinajstić information content (AvgIpc) is 4.29. The van der Waals surface area contributed by atoms with E-state index in [1.54, 1.807) is 35.1 Å². The molecule has 1 saturated heterocycles. The van der Waals surface area contributed by atoms with Gasteiger partial charge in [0.1, 0.15) is 11.6 Å². The number of imidazole rings is 1. The van der Waals surface area contributed by atoms with Crippen LogP contribution >= 0.6 is 0 Å². The number of carbonyl (C=O) groups excluding carboxylic acids is 1. The molecule has 4 fully saturated rings. The van der Waals surface area contributed by atoms with Crippen molar-refractivity contribution in [1.82, 2.24) is 48.1 Å². The second kappa shape index (κ2) is 14.1. The zero-order valence-electron chi connectivity index (χ0n) is 35.5. The van der Waals surface area contributed by atoms with Gasteiger partial charge in [-0.15, -0.1) is 0 Å². The minimum atomic E-state index is -0.737. The summed E-state index contributed by atoms with van der Waals surface area (Å²) < 4.78 is 50.6. The topological polar surface area (TPSA) is 155 Å². The number of fused-ring (bicyclic) bond motifs is 3. The number of pyridine rings is 1. The Hall–Kier alpha value is -6.88. The summed E-state index contributed by atoms with van der Waals surface area (Å²) in [7, 11) is 0. The number of rotatable bonds is 9. The van der Waals surface area contributed by atoms with Gasteiger partial charge in [0.25, 0.3) is 5.91 Å². The van der Waals surface area contributed by atoms with E-state index in [2.05, 4.69) is 33.6 Å². The molecule has 3 saturated carbocycles. The molecule has 2 aromatic carbocycles. The van der Waals surface area contributed by atoms with Crippen molar-refractivity contribution >= 4 is 22.3 Å². The molecule has 1 atom stereocenters. The van der Waals surface area contributed by atoms with Gasteiger partial charge in [-0.1, -0.05) is 11.2 Å². The number of amides is 1. The van der Waals surface area contributed by atoms with Gasteiger partial charge in [0.05, 0.1) is 62.7 Å². The first-order valence-corrected chi connectivity index (χ1v) is 22.6. The second-order valence-corrected chi connectivity index (χ2v) is 18.6. The van der Waals surface area contributed by atoms with Crippen LogP contribution in [0.3, 0.4) is 0 Å². The van der Waals surface area contributed by atoms with Gasteiger partial charge in [-0.2, -0.15) is 10.2 Å². The smallest absolute Gasteiger partial charge is 0.381 e. The molecule has 8 heterocycles. The lowest BCUT2D eigenvalue weighted by Gasteiger charge is -2.34. The molecule has 0 spiro atoms. The first-order valence-electron chi connectivity index (χ1n) is 22.6. The number of aromatic nitrogens is 9. The quantitative estimate of drug-likeness (QED) is 0.158. The molecule has 0 radical (unpaired) electrons. The highest BCUT2D eigenvalue weighted by Crippen LogP contribution is 2.55. The predicted molar refractivity (Wildman–Crippen MR) is 232 cm³/mol. The number of halogens is 2. The Kier molecular flexibility index (Phi) is 8.34. The Balaban J connectivity index is 0.943. The average molecular weight is 879 g/mol. The third-order valence-electron chi connectivity index (χ3n) is 14.6. The third-order valence-corrected chi connectivity index (χ3v) is 14.6. The molecule has 6 aromatic heterocycles. The largest absolute Gasteiger partial charge is 0.438 e. The van der Waals surface area contributed by atoms with Crippen LogP contribution in [0.1, 0.15) is 126 Å². The molecule has 65 heavy (non-hydrogen) atoms. The molecule has 17 heteroatoms. The summed E-state index contributed by atoms with van der Waals surface area (Å²) in [6.07, 6.45) is 15.9. The lowest BCUT2D eigenvalue weighted by Crippen LogP contribution is -2.40. The van der Waals surface area contributed by atoms with Crippen molar-refractivity contribution in [3.8, 4) is 17.2 Å². The number of H-pyrrole nitrogens is 1. The summed E-state index contributed by atoms with van der Waals surface area (Å²) in [5, 5.41) is 14.0. The molecule has 5 aliphatic rings. The van der Waals surface area contributed by atoms with Crippen molar-refractivity contribution in [2.24, 2.45) is 0 Å². The summed E-state index contributed by atoms with van der Waals surface area (Å²) in [6.45, 7) is 3.64. The first-order chi connectivity index (χ1) is 31.7. The van der Waals surface area contributed by atoms with E-state index in [1.807, 2.05) is 27.1 Å². The monoisotopic (exact) mass is 878 g/mol. The van der Waals surface area contributed by atoms with Crippen LogP contribution in [0.4, 0.5) is 8.78 Å². The maximum Gasteiger partial charge on any atom is 0.438 e. The van der Waals surface area contributed by atoms with E-state index >= 15 is 13.6 Å². The van der Waals surface area contributed by atoms with Crippen LogP contribution in [0.5, 0.6) is 0 Å². The van der Waals surface area contributed by atoms with Gasteiger partial charge in [0, 0.05) is 62.1 Å². The maximum atomic E-state index is 16.4. The number of hydrogen-bond acceptors (Lipinski definition) is 8. The fourth-order valence-corrected chi connectivity index (χ4v) is 10.8. The molecule has 0 bridgehead atoms. The third kappa shape index (κ3) is 5.93. The fraction of sp³-hybridized carbons (Fsp3) is 0.375. The first kappa shape index (κ1) is 38.6. The number of aromatic amines is 1. The molecule has 0 unspecified atom stereocenters. The van der Waals surface area contributed by atoms with Crippen molar-refractivity contribution in [3.63, 3.8) is 0 Å². The molecule has 2 aliphatic heterocycles. The van der Waals surface area contributed by atoms with Crippen LogP contribution in [0.2, 0.25) is 0 Å². The summed E-state index contributed by atoms with van der Waals surface area (Å²) in [6, 6.07) is 12.1. The van der Waals surface area contributed by atoms with Gasteiger partial charge in [-0.05, 0) is 118 Å². The van der Waals surface area contributed by atoms with E-state index in [0.29, 0.717) is 95.6 Å². The summed E-state index contributed by atoms with van der Waals surface area (Å²) >= 11 is 0. The second-order valence-electron chi connectivity index (χ2n) is 18.6. The van der Waals surface area contributed by atoms with Crippen molar-refractivity contribution in [2.75, 3.05) is 19.8 Å². The summed E-state index contributed by atoms with van der Waals surface area (Å²) in [5.41, 5.74) is 5.23. The standard InChI is InChI=1S/C48H44F2N10O5/c1-26-40-36(12-17-56(26)44(61)34-25-55-24-29(27-13-20-64-21-14-27)4-9-38(55)41(34)48(15-16-48)45-52-46(62)65-54-45)53-60(31-7-8-35(49)32(22-31)28-2-3-28)43(40)58-19-18-57(47(58)63)39-11-10-37-33(42(39)50)23-51-59(37)30-5-6-30/h4,7-11,18-19,22-28,30H,2-3,5-6,12-17,20-21H2,1H3,(H,52,54,62)/t26-/m0/s1. The predicted octanol–water partition coefficient (Wildman–Crippen LogP) is 7.32. The number of benzene rings is 2. The Morgan fingerprint density at radius 1 is 0.908 bits per heavy atom. The van der Waals surface area contributed by atoms with E-state index < -0.39 is 28.7 Å². The molecule has 1 amide bonds. The SMILES string of the molecule is C[C@H]1c2c(nn(-c3ccc(F)c(C4CC4)c3)c2-n2ccn(-c3ccc4c(cnn4C4CC4)c3F)c2=O)CCN1C(=O)c1cn2cc(C3CCOCC3)ccc2c1C1(c2noc(=O)[nH]2)CC1. The molecular formula is C48H44F2N10O5. The van der Waals surface area contributed by atoms with Gasteiger partial charge in [0.2, 0.25) is 0 Å². The minimum Gasteiger partial charge on any atom is -0.381 e. The lowest BCUT2D eigenvalue weighted by molar-refractivity contribution is 0.0675. The zero-order valence-corrected chi connectivity index (χ0v) is 35.5. The molecule has 1 N–H and O–H groups in total. The van der Waals surface area contributed by atoms with Gasteiger partial charge < -0.3 is 14.0 Å². The van der Waals surface area contributed by atoms with Crippen LogP contribution in [0.25, 0.3) is 33.6 Å². The fourth-order valence-electron chi connectivity index (χ4n) is 10.8. The van der Waals surface area contributed by atoms with E-state index in [1.165, 1.54) is 27.6 Å². The van der Waals surface area contributed by atoms with Gasteiger partial charge in [0.15, 0.2) is 11.6 Å². The van der Waals surface area contributed by atoms with Crippen LogP contribution in [-0.4, -0.2) is 73.8 Å². The van der Waals surface area contributed by atoms with E-state index in [9.17, 15) is 9.59 Å². The Bertz CT molecular complexity index is 3380. The molecular weight excluding hydrogens is 835 g/mol. The van der Waals surface area contributed by atoms with Crippen LogP contribution in [0, 0.1) is 11.6 Å². The van der Waals surface area contributed by atoms with Crippen molar-refractivity contribution in [2.45, 2.75) is 94.0 Å². The molecule has 3 aliphatic carbocycles. The highest BCUT2D eigenvalue weighted by molar-refractivity contribution is 5.99. The molecule has 15 nitrogen and oxygen atoms in total. The molecule has 8 aromatic rings. The van der Waals surface area contributed by atoms with Crippen molar-refractivity contribution in [3.05, 3.63) is 145 Å². The highest BCUT2D eigenvalue weighted by Gasteiger charge is 2.53. The lowest BCUT2D eigenvalue weighted by atomic mass is 9.90. The van der Waals surface area contributed by atoms with E-state index in [-0.39, 0.29) is 29.4 Å². The van der Waals surface area contributed by atoms with E-state index in [0.717, 1.165) is 55.2 Å². The number of ether oxygens (including phenoxy) is 1. The van der Waals surface area contributed by atoms with Crippen molar-refractivity contribution < 1.29 is 22.8 Å². The Morgan fingerprint density at radius 3 is 2.46 bits per heavy atom. The normalized spacial score (nSPS) is 19.7. The Morgan fingerprint density at radius 2 is 1.71 bits per heavy atom. The van der Waals surface area contributed by atoms with Crippen LogP contribution in [0.15, 0.2) is 87.6 Å². The maximum absolute atomic E-state index is 16.4. The minimum absolute atomic E-state index is 0.0786.